The Labute approximate surface area is 157 Å². The monoisotopic (exact) mass is 402 g/mol. The standard InChI is InChI=1S/C17H15ClF3N3O3/c1-10-3-5-11(6-4-10)14(25)24-16(15(26)27-2,17(19,20)21)23-13-8-7-12(18)9-22-13/h3-9H,1-2H3,(H,22,23)(H,24,25)/p+1/t16-/m1/s1. The van der Waals surface area contributed by atoms with Crippen molar-refractivity contribution in [2.45, 2.75) is 18.8 Å². The highest BCUT2D eigenvalue weighted by molar-refractivity contribution is 6.30. The van der Waals surface area contributed by atoms with Crippen LogP contribution in [0, 0.1) is 6.92 Å². The predicted octanol–water partition coefficient (Wildman–Crippen LogP) is 2.74. The first-order valence-electron chi connectivity index (χ1n) is 7.59. The molecular formula is C17H16ClF3N3O3+. The van der Waals surface area contributed by atoms with E-state index in [0.29, 0.717) is 0 Å². The number of anilines is 1. The van der Waals surface area contributed by atoms with Gasteiger partial charge in [-0.1, -0.05) is 29.3 Å². The lowest BCUT2D eigenvalue weighted by Gasteiger charge is -2.30. The zero-order valence-corrected chi connectivity index (χ0v) is 15.0. The molecule has 1 aromatic carbocycles. The van der Waals surface area contributed by atoms with E-state index in [1.165, 1.54) is 30.5 Å². The fourth-order valence-corrected chi connectivity index (χ4v) is 2.29. The van der Waals surface area contributed by atoms with Crippen LogP contribution < -0.4 is 15.6 Å². The number of carbonyl (C=O) groups is 2. The van der Waals surface area contributed by atoms with Gasteiger partial charge in [0.25, 0.3) is 11.7 Å². The minimum absolute atomic E-state index is 0.0555. The maximum Gasteiger partial charge on any atom is 0.464 e. The maximum absolute atomic E-state index is 13.9. The zero-order valence-electron chi connectivity index (χ0n) is 14.3. The first-order valence-corrected chi connectivity index (χ1v) is 7.96. The number of hydrogen-bond donors (Lipinski definition) is 2. The molecule has 2 aromatic rings. The van der Waals surface area contributed by atoms with Crippen molar-refractivity contribution < 1.29 is 32.5 Å². The average molecular weight is 403 g/mol. The summed E-state index contributed by atoms with van der Waals surface area (Å²) in [6.07, 6.45) is -4.02. The normalized spacial score (nSPS) is 13.4. The van der Waals surface area contributed by atoms with Crippen molar-refractivity contribution in [2.75, 3.05) is 12.4 Å². The SMILES string of the molecule is COC(=O)[C@](NC(=O)c1ccc(C)cc1)(Nc1ccc(Cl)c[nH+]1)C(F)(F)F. The largest absolute Gasteiger partial charge is 0.464 e. The van der Waals surface area contributed by atoms with Crippen LogP contribution in [0.15, 0.2) is 42.6 Å². The Hall–Kier alpha value is -2.81. The van der Waals surface area contributed by atoms with Crippen LogP contribution in [-0.2, 0) is 9.53 Å². The molecule has 0 saturated carbocycles. The predicted molar refractivity (Wildman–Crippen MR) is 91.1 cm³/mol. The van der Waals surface area contributed by atoms with Crippen molar-refractivity contribution in [1.82, 2.24) is 5.32 Å². The lowest BCUT2D eigenvalue weighted by molar-refractivity contribution is -0.362. The summed E-state index contributed by atoms with van der Waals surface area (Å²) in [7, 11) is 0.786. The quantitative estimate of drug-likeness (QED) is 0.595. The van der Waals surface area contributed by atoms with Crippen molar-refractivity contribution in [3.05, 3.63) is 58.7 Å². The van der Waals surface area contributed by atoms with Crippen molar-refractivity contribution in [2.24, 2.45) is 0 Å². The molecule has 1 heterocycles. The number of benzene rings is 1. The van der Waals surface area contributed by atoms with E-state index in [2.05, 4.69) is 9.72 Å². The van der Waals surface area contributed by atoms with E-state index in [1.54, 1.807) is 24.4 Å². The highest BCUT2D eigenvalue weighted by Gasteiger charge is 2.67. The van der Waals surface area contributed by atoms with Gasteiger partial charge < -0.3 is 4.74 Å². The van der Waals surface area contributed by atoms with E-state index in [-0.39, 0.29) is 16.4 Å². The van der Waals surface area contributed by atoms with Gasteiger partial charge in [-0.3, -0.25) is 10.1 Å². The molecule has 27 heavy (non-hydrogen) atoms. The molecule has 0 unspecified atom stereocenters. The first kappa shape index (κ1) is 20.5. The molecule has 0 fully saturated rings. The Kier molecular flexibility index (Phi) is 5.94. The number of pyridine rings is 1. The molecule has 144 valence electrons. The molecule has 1 aromatic heterocycles. The van der Waals surface area contributed by atoms with Gasteiger partial charge in [0.05, 0.1) is 12.1 Å². The Morgan fingerprint density at radius 3 is 2.22 bits per heavy atom. The Balaban J connectivity index is 2.46. The minimum atomic E-state index is -5.23. The molecule has 0 aliphatic carbocycles. The summed E-state index contributed by atoms with van der Waals surface area (Å²) < 4.78 is 46.0. The number of esters is 1. The number of nitrogens with one attached hydrogen (secondary N) is 3. The number of methoxy groups -OCH3 is 1. The third kappa shape index (κ3) is 4.48. The molecule has 1 atom stereocenters. The molecule has 2 rings (SSSR count). The summed E-state index contributed by atoms with van der Waals surface area (Å²) in [5.74, 6) is -3.07. The highest BCUT2D eigenvalue weighted by atomic mass is 35.5. The van der Waals surface area contributed by atoms with Gasteiger partial charge in [-0.2, -0.15) is 13.2 Å². The number of aromatic nitrogens is 1. The number of aromatic amines is 1. The third-order valence-electron chi connectivity index (χ3n) is 3.63. The molecule has 6 nitrogen and oxygen atoms in total. The molecular weight excluding hydrogens is 387 g/mol. The number of ether oxygens (including phenoxy) is 1. The number of rotatable bonds is 5. The van der Waals surface area contributed by atoms with Crippen LogP contribution in [0.5, 0.6) is 0 Å². The number of carbonyl (C=O) groups excluding carboxylic acids is 2. The molecule has 0 spiro atoms. The summed E-state index contributed by atoms with van der Waals surface area (Å²) in [5, 5.41) is 3.93. The van der Waals surface area contributed by atoms with Crippen LogP contribution in [0.2, 0.25) is 5.02 Å². The fraction of sp³-hybridized carbons (Fsp3) is 0.235. The van der Waals surface area contributed by atoms with E-state index in [0.717, 1.165) is 12.7 Å². The van der Waals surface area contributed by atoms with Crippen LogP contribution in [0.1, 0.15) is 15.9 Å². The molecule has 0 radical (unpaired) electrons. The Morgan fingerprint density at radius 2 is 1.74 bits per heavy atom. The van der Waals surface area contributed by atoms with Gasteiger partial charge in [0.1, 0.15) is 6.20 Å². The number of H-pyrrole nitrogens is 1. The Bertz CT molecular complexity index is 826. The van der Waals surface area contributed by atoms with E-state index in [4.69, 9.17) is 11.6 Å². The molecule has 0 bridgehead atoms. The number of halogens is 4. The second-order valence-electron chi connectivity index (χ2n) is 5.61. The molecule has 10 heteroatoms. The van der Waals surface area contributed by atoms with Crippen molar-refractivity contribution in [1.29, 1.82) is 0 Å². The van der Waals surface area contributed by atoms with Gasteiger partial charge in [0.2, 0.25) is 0 Å². The lowest BCUT2D eigenvalue weighted by Crippen LogP contribution is -2.69. The number of alkyl halides is 3. The molecule has 1 amide bonds. The van der Waals surface area contributed by atoms with E-state index >= 15 is 0 Å². The highest BCUT2D eigenvalue weighted by Crippen LogP contribution is 2.32. The van der Waals surface area contributed by atoms with Gasteiger partial charge in [-0.15, -0.1) is 0 Å². The summed E-state index contributed by atoms with van der Waals surface area (Å²) >= 11 is 5.70. The number of amides is 1. The third-order valence-corrected chi connectivity index (χ3v) is 3.86. The smallest absolute Gasteiger partial charge is 0.464 e. The van der Waals surface area contributed by atoms with Gasteiger partial charge in [0, 0.05) is 11.6 Å². The van der Waals surface area contributed by atoms with E-state index in [9.17, 15) is 22.8 Å². The summed E-state index contributed by atoms with van der Waals surface area (Å²) in [6, 6.07) is 8.30. The zero-order chi connectivity index (χ0) is 20.2. The summed E-state index contributed by atoms with van der Waals surface area (Å²) in [6.45, 7) is 1.76. The number of hydrogen-bond acceptors (Lipinski definition) is 4. The van der Waals surface area contributed by atoms with Gasteiger partial charge in [-0.05, 0) is 25.1 Å². The van der Waals surface area contributed by atoms with E-state index < -0.39 is 23.7 Å². The van der Waals surface area contributed by atoms with Crippen LogP contribution in [0.4, 0.5) is 19.0 Å². The maximum atomic E-state index is 13.9. The fourth-order valence-electron chi connectivity index (χ4n) is 2.18. The molecule has 3 N–H and O–H groups in total. The lowest BCUT2D eigenvalue weighted by atomic mass is 10.1. The molecule has 0 saturated heterocycles. The first-order chi connectivity index (χ1) is 12.6. The second-order valence-corrected chi connectivity index (χ2v) is 6.04. The van der Waals surface area contributed by atoms with Crippen LogP contribution >= 0.6 is 11.6 Å². The molecule has 0 aliphatic heterocycles. The minimum Gasteiger partial charge on any atom is -0.464 e. The van der Waals surface area contributed by atoms with Crippen molar-refractivity contribution in [3.8, 4) is 0 Å². The van der Waals surface area contributed by atoms with Gasteiger partial charge in [0.15, 0.2) is 0 Å². The van der Waals surface area contributed by atoms with Crippen molar-refractivity contribution in [3.63, 3.8) is 0 Å². The van der Waals surface area contributed by atoms with Gasteiger partial charge >= 0.3 is 17.8 Å². The number of aryl methyl sites for hydroxylation is 1. The van der Waals surface area contributed by atoms with Crippen molar-refractivity contribution >= 4 is 29.3 Å². The second kappa shape index (κ2) is 7.83. The summed E-state index contributed by atoms with van der Waals surface area (Å²) in [5.41, 5.74) is -2.76. The van der Waals surface area contributed by atoms with E-state index in [1.807, 2.05) is 5.32 Å². The van der Waals surface area contributed by atoms with Crippen LogP contribution in [0.25, 0.3) is 0 Å². The molecule has 0 aliphatic rings. The summed E-state index contributed by atoms with van der Waals surface area (Å²) in [4.78, 5) is 27.0. The van der Waals surface area contributed by atoms with Crippen LogP contribution in [-0.4, -0.2) is 30.8 Å². The Morgan fingerprint density at radius 1 is 1.11 bits per heavy atom. The van der Waals surface area contributed by atoms with Gasteiger partial charge in [-0.25, -0.2) is 15.1 Å². The van der Waals surface area contributed by atoms with Crippen LogP contribution in [0.3, 0.4) is 0 Å². The average Bonchev–Trinajstić information content (AvgIpc) is 2.61. The topological polar surface area (TPSA) is 81.6 Å².